The van der Waals surface area contributed by atoms with Gasteiger partial charge in [0, 0.05) is 25.2 Å². The van der Waals surface area contributed by atoms with Gasteiger partial charge >= 0.3 is 0 Å². The Bertz CT molecular complexity index is 129. The van der Waals surface area contributed by atoms with Crippen LogP contribution in [0.2, 0.25) is 0 Å². The Balaban J connectivity index is 2.38. The Morgan fingerprint density at radius 3 is 2.91 bits per heavy atom. The molecule has 0 aromatic carbocycles. The summed E-state index contributed by atoms with van der Waals surface area (Å²) in [5.41, 5.74) is 5.56. The average molecular weight is 158 g/mol. The molecular weight excluding hydrogens is 140 g/mol. The van der Waals surface area contributed by atoms with Crippen molar-refractivity contribution >= 4 is 0 Å². The quantitative estimate of drug-likeness (QED) is 0.612. The molecule has 3 nitrogen and oxygen atoms in total. The van der Waals surface area contributed by atoms with Crippen molar-refractivity contribution in [3.63, 3.8) is 0 Å². The van der Waals surface area contributed by atoms with Gasteiger partial charge in [0.25, 0.3) is 0 Å². The summed E-state index contributed by atoms with van der Waals surface area (Å²) in [7, 11) is 0. The number of nitrogens with one attached hydrogen (secondary N) is 1. The van der Waals surface area contributed by atoms with Gasteiger partial charge in [-0.2, -0.15) is 0 Å². The predicted octanol–water partition coefficient (Wildman–Crippen LogP) is 0.102. The van der Waals surface area contributed by atoms with Crippen LogP contribution in [-0.2, 0) is 4.74 Å². The van der Waals surface area contributed by atoms with Gasteiger partial charge in [-0.05, 0) is 20.3 Å². The second kappa shape index (κ2) is 3.52. The molecule has 1 aliphatic heterocycles. The highest BCUT2D eigenvalue weighted by atomic mass is 16.5. The van der Waals surface area contributed by atoms with Crippen LogP contribution in [0.15, 0.2) is 0 Å². The van der Waals surface area contributed by atoms with Gasteiger partial charge in [-0.15, -0.1) is 0 Å². The largest absolute Gasteiger partial charge is 0.377 e. The van der Waals surface area contributed by atoms with Crippen molar-refractivity contribution in [3.8, 4) is 0 Å². The van der Waals surface area contributed by atoms with E-state index in [-0.39, 0.29) is 5.54 Å². The zero-order valence-corrected chi connectivity index (χ0v) is 7.39. The molecule has 3 heteroatoms. The number of hydrogen-bond acceptors (Lipinski definition) is 3. The maximum atomic E-state index is 5.46. The minimum atomic E-state index is 0.152. The van der Waals surface area contributed by atoms with Crippen LogP contribution in [0.5, 0.6) is 0 Å². The lowest BCUT2D eigenvalue weighted by molar-refractivity contribution is 0.0892. The number of rotatable bonds is 3. The fourth-order valence-corrected chi connectivity index (χ4v) is 1.42. The summed E-state index contributed by atoms with van der Waals surface area (Å²) in [5.74, 6) is 0. The van der Waals surface area contributed by atoms with E-state index in [0.717, 1.165) is 19.6 Å². The lowest BCUT2D eigenvalue weighted by Crippen LogP contribution is -2.49. The first-order valence-corrected chi connectivity index (χ1v) is 4.26. The van der Waals surface area contributed by atoms with E-state index in [1.54, 1.807) is 0 Å². The maximum Gasteiger partial charge on any atom is 0.0726 e. The molecule has 0 amide bonds. The third-order valence-electron chi connectivity index (χ3n) is 2.56. The summed E-state index contributed by atoms with van der Waals surface area (Å²) in [6.45, 7) is 6.75. The molecule has 2 unspecified atom stereocenters. The molecule has 1 rings (SSSR count). The van der Waals surface area contributed by atoms with Gasteiger partial charge in [0.2, 0.25) is 0 Å². The Hall–Kier alpha value is -0.120. The Labute approximate surface area is 68.3 Å². The van der Waals surface area contributed by atoms with Crippen LogP contribution in [-0.4, -0.2) is 31.3 Å². The molecule has 0 radical (unpaired) electrons. The van der Waals surface area contributed by atoms with Gasteiger partial charge < -0.3 is 15.8 Å². The summed E-state index contributed by atoms with van der Waals surface area (Å²) in [6.07, 6.45) is 1.41. The number of nitrogens with two attached hydrogens (primary N) is 1. The van der Waals surface area contributed by atoms with E-state index >= 15 is 0 Å². The molecule has 2 atom stereocenters. The van der Waals surface area contributed by atoms with E-state index in [1.807, 2.05) is 0 Å². The minimum absolute atomic E-state index is 0.152. The average Bonchev–Trinajstić information content (AvgIpc) is 2.30. The van der Waals surface area contributed by atoms with Gasteiger partial charge in [-0.3, -0.25) is 0 Å². The molecule has 11 heavy (non-hydrogen) atoms. The summed E-state index contributed by atoms with van der Waals surface area (Å²) in [6, 6.07) is 0. The monoisotopic (exact) mass is 158 g/mol. The zero-order valence-electron chi connectivity index (χ0n) is 7.39. The third-order valence-corrected chi connectivity index (χ3v) is 2.56. The smallest absolute Gasteiger partial charge is 0.0726 e. The Kier molecular flexibility index (Phi) is 2.87. The molecule has 0 aromatic heterocycles. The molecule has 66 valence electrons. The van der Waals surface area contributed by atoms with Crippen molar-refractivity contribution in [1.82, 2.24) is 5.32 Å². The SMILES string of the molecule is CC1OCCC1(C)NCCN. The second-order valence-electron chi connectivity index (χ2n) is 3.40. The molecule has 1 saturated heterocycles. The summed E-state index contributed by atoms with van der Waals surface area (Å²) >= 11 is 0. The van der Waals surface area contributed by atoms with Crippen molar-refractivity contribution in [3.05, 3.63) is 0 Å². The van der Waals surface area contributed by atoms with Crippen molar-refractivity contribution in [2.75, 3.05) is 19.7 Å². The fourth-order valence-electron chi connectivity index (χ4n) is 1.42. The van der Waals surface area contributed by atoms with Crippen molar-refractivity contribution in [2.45, 2.75) is 31.9 Å². The van der Waals surface area contributed by atoms with Crippen LogP contribution in [0.25, 0.3) is 0 Å². The van der Waals surface area contributed by atoms with Crippen LogP contribution in [0.4, 0.5) is 0 Å². The molecular formula is C8H18N2O. The second-order valence-corrected chi connectivity index (χ2v) is 3.40. The van der Waals surface area contributed by atoms with Crippen LogP contribution < -0.4 is 11.1 Å². The van der Waals surface area contributed by atoms with E-state index in [2.05, 4.69) is 19.2 Å². The first kappa shape index (κ1) is 8.97. The minimum Gasteiger partial charge on any atom is -0.377 e. The van der Waals surface area contributed by atoms with E-state index in [1.165, 1.54) is 0 Å². The van der Waals surface area contributed by atoms with Crippen LogP contribution in [0.1, 0.15) is 20.3 Å². The molecule has 0 saturated carbocycles. The van der Waals surface area contributed by atoms with Crippen molar-refractivity contribution in [1.29, 1.82) is 0 Å². The normalized spacial score (nSPS) is 37.9. The van der Waals surface area contributed by atoms with Gasteiger partial charge in [-0.25, -0.2) is 0 Å². The molecule has 1 heterocycles. The number of ether oxygens (including phenoxy) is 1. The van der Waals surface area contributed by atoms with Crippen LogP contribution >= 0.6 is 0 Å². The number of hydrogen-bond donors (Lipinski definition) is 2. The van der Waals surface area contributed by atoms with Crippen molar-refractivity contribution < 1.29 is 4.74 Å². The highest BCUT2D eigenvalue weighted by Gasteiger charge is 2.35. The molecule has 3 N–H and O–H groups in total. The van der Waals surface area contributed by atoms with Gasteiger partial charge in [0.1, 0.15) is 0 Å². The van der Waals surface area contributed by atoms with Crippen molar-refractivity contribution in [2.24, 2.45) is 5.73 Å². The van der Waals surface area contributed by atoms with E-state index in [0.29, 0.717) is 12.6 Å². The van der Waals surface area contributed by atoms with Gasteiger partial charge in [0.15, 0.2) is 0 Å². The molecule has 0 spiro atoms. The third kappa shape index (κ3) is 1.92. The van der Waals surface area contributed by atoms with E-state index < -0.39 is 0 Å². The van der Waals surface area contributed by atoms with E-state index in [9.17, 15) is 0 Å². The molecule has 1 aliphatic rings. The predicted molar refractivity (Wildman–Crippen MR) is 45.5 cm³/mol. The highest BCUT2D eigenvalue weighted by Crippen LogP contribution is 2.24. The summed E-state index contributed by atoms with van der Waals surface area (Å²) in [5, 5.41) is 3.41. The van der Waals surface area contributed by atoms with E-state index in [4.69, 9.17) is 10.5 Å². The zero-order chi connectivity index (χ0) is 8.32. The molecule has 1 fully saturated rings. The van der Waals surface area contributed by atoms with Gasteiger partial charge in [-0.1, -0.05) is 0 Å². The Morgan fingerprint density at radius 2 is 2.45 bits per heavy atom. The standard InChI is InChI=1S/C8H18N2O/c1-7-8(2,3-6-11-7)10-5-4-9/h7,10H,3-6,9H2,1-2H3. The topological polar surface area (TPSA) is 47.3 Å². The first-order chi connectivity index (χ1) is 5.19. The summed E-state index contributed by atoms with van der Waals surface area (Å²) in [4.78, 5) is 0. The molecule has 0 aromatic rings. The lowest BCUT2D eigenvalue weighted by Gasteiger charge is -2.28. The van der Waals surface area contributed by atoms with Gasteiger partial charge in [0.05, 0.1) is 6.10 Å². The first-order valence-electron chi connectivity index (χ1n) is 4.26. The fraction of sp³-hybridized carbons (Fsp3) is 1.00. The molecule has 0 aliphatic carbocycles. The summed E-state index contributed by atoms with van der Waals surface area (Å²) < 4.78 is 5.46. The van der Waals surface area contributed by atoms with Crippen LogP contribution in [0.3, 0.4) is 0 Å². The maximum absolute atomic E-state index is 5.46. The van der Waals surface area contributed by atoms with Crippen LogP contribution in [0, 0.1) is 0 Å². The lowest BCUT2D eigenvalue weighted by atomic mass is 9.95. The molecule has 0 bridgehead atoms. The Morgan fingerprint density at radius 1 is 1.73 bits per heavy atom. The highest BCUT2D eigenvalue weighted by molar-refractivity contribution is 4.93.